The highest BCUT2D eigenvalue weighted by atomic mass is 19.4. The molecule has 8 heteroatoms. The normalized spacial score (nSPS) is 31.8. The number of alkyl halides is 5. The van der Waals surface area contributed by atoms with Crippen LogP contribution in [0.2, 0.25) is 0 Å². The van der Waals surface area contributed by atoms with Gasteiger partial charge in [-0.05, 0) is 124 Å². The fraction of sp³-hybridized carbons (Fsp3) is 0.793. The number of hydrogen-bond acceptors (Lipinski definition) is 3. The molecule has 2 N–H and O–H groups in total. The fourth-order valence-electron chi connectivity index (χ4n) is 7.92. The Hall–Kier alpha value is -1.41. The summed E-state index contributed by atoms with van der Waals surface area (Å²) in [6, 6.07) is 5.83. The molecule has 0 spiro atoms. The number of halogens is 5. The van der Waals surface area contributed by atoms with Gasteiger partial charge in [0.1, 0.15) is 5.75 Å². The second-order valence-corrected chi connectivity index (χ2v) is 12.2. The first kappa shape index (κ1) is 28.6. The van der Waals surface area contributed by atoms with Crippen molar-refractivity contribution in [2.24, 2.45) is 23.2 Å². The number of fused-ring (bicyclic) bond motifs is 5. The van der Waals surface area contributed by atoms with Crippen molar-refractivity contribution in [2.75, 3.05) is 20.1 Å². The first-order chi connectivity index (χ1) is 17.3. The number of aromatic hydroxyl groups is 1. The van der Waals surface area contributed by atoms with E-state index in [1.165, 1.54) is 11.1 Å². The zero-order valence-corrected chi connectivity index (χ0v) is 22.0. The van der Waals surface area contributed by atoms with Gasteiger partial charge in [-0.15, -0.1) is 0 Å². The van der Waals surface area contributed by atoms with Crippen molar-refractivity contribution < 1.29 is 32.2 Å². The summed E-state index contributed by atoms with van der Waals surface area (Å²) in [5.41, 5.74) is 2.59. The highest BCUT2D eigenvalue weighted by Crippen LogP contribution is 2.63. The van der Waals surface area contributed by atoms with Crippen molar-refractivity contribution in [2.45, 2.75) is 102 Å². The van der Waals surface area contributed by atoms with Crippen molar-refractivity contribution in [3.8, 4) is 5.75 Å². The van der Waals surface area contributed by atoms with Crippen LogP contribution in [0.25, 0.3) is 0 Å². The summed E-state index contributed by atoms with van der Waals surface area (Å²) in [5.74, 6) is -2.31. The van der Waals surface area contributed by atoms with E-state index in [0.717, 1.165) is 57.8 Å². The number of unbranched alkanes of at least 4 members (excludes halogenated alkanes) is 2. The van der Waals surface area contributed by atoms with E-state index in [-0.39, 0.29) is 24.5 Å². The molecule has 37 heavy (non-hydrogen) atoms. The van der Waals surface area contributed by atoms with E-state index < -0.39 is 18.5 Å². The fourth-order valence-corrected chi connectivity index (χ4v) is 7.92. The molecule has 6 atom stereocenters. The Morgan fingerprint density at radius 3 is 2.46 bits per heavy atom. The lowest BCUT2D eigenvalue weighted by atomic mass is 9.51. The number of phenolic OH excluding ortho intramolecular Hbond substituents is 1. The van der Waals surface area contributed by atoms with Crippen LogP contribution in [0.4, 0.5) is 22.0 Å². The maximum atomic E-state index is 13.1. The van der Waals surface area contributed by atoms with Gasteiger partial charge >= 0.3 is 12.1 Å². The third kappa shape index (κ3) is 5.95. The number of aryl methyl sites for hydroxylation is 1. The van der Waals surface area contributed by atoms with Gasteiger partial charge in [0.15, 0.2) is 0 Å². The lowest BCUT2D eigenvalue weighted by molar-refractivity contribution is -0.284. The predicted molar refractivity (Wildman–Crippen MR) is 134 cm³/mol. The van der Waals surface area contributed by atoms with Gasteiger partial charge in [-0.3, -0.25) is 0 Å². The first-order valence-electron chi connectivity index (χ1n) is 14.0. The summed E-state index contributed by atoms with van der Waals surface area (Å²) in [7, 11) is 1.77. The third-order valence-electron chi connectivity index (χ3n) is 9.84. The quantitative estimate of drug-likeness (QED) is 0.246. The molecule has 3 nitrogen and oxygen atoms in total. The second-order valence-electron chi connectivity index (χ2n) is 12.2. The minimum Gasteiger partial charge on any atom is -0.508 e. The molecule has 2 fully saturated rings. The standard InChI is InChI=1S/C29H42F5NO2/c1-27-18-20(7-4-3-5-15-35(2)16-6-14-28(30,31)29(32,33)34)26-22-11-9-21(36)17-19(22)8-10-23(26)24(27)12-13-25(27)37/h9,11,17,20,23-26,36-37H,3-8,10,12-16,18H2,1-2H3/t20-,23-,24-,25-,26+,27-/m0/s1. The van der Waals surface area contributed by atoms with Crippen molar-refractivity contribution in [3.63, 3.8) is 0 Å². The largest absolute Gasteiger partial charge is 0.508 e. The molecule has 0 aromatic heterocycles. The molecule has 0 heterocycles. The molecule has 0 aliphatic heterocycles. The van der Waals surface area contributed by atoms with E-state index in [1.807, 2.05) is 11.0 Å². The van der Waals surface area contributed by atoms with Gasteiger partial charge in [0, 0.05) is 6.42 Å². The average molecular weight is 532 g/mol. The van der Waals surface area contributed by atoms with Gasteiger partial charge in [-0.2, -0.15) is 22.0 Å². The molecule has 0 unspecified atom stereocenters. The molecule has 210 valence electrons. The van der Waals surface area contributed by atoms with Gasteiger partial charge < -0.3 is 15.1 Å². The summed E-state index contributed by atoms with van der Waals surface area (Å²) in [4.78, 5) is 1.84. The first-order valence-corrected chi connectivity index (χ1v) is 14.0. The zero-order valence-electron chi connectivity index (χ0n) is 22.0. The molecule has 1 aromatic carbocycles. The minimum absolute atomic E-state index is 0.0427. The summed E-state index contributed by atoms with van der Waals surface area (Å²) in [6.45, 7) is 3.18. The van der Waals surface area contributed by atoms with Crippen LogP contribution in [-0.4, -0.2) is 53.5 Å². The van der Waals surface area contributed by atoms with E-state index in [9.17, 15) is 32.2 Å². The Balaban J connectivity index is 1.30. The molecule has 3 aliphatic carbocycles. The maximum absolute atomic E-state index is 13.1. The number of hydrogen-bond donors (Lipinski definition) is 2. The van der Waals surface area contributed by atoms with Gasteiger partial charge in [0.25, 0.3) is 0 Å². The van der Waals surface area contributed by atoms with Crippen LogP contribution in [0.3, 0.4) is 0 Å². The average Bonchev–Trinajstić information content (AvgIpc) is 3.11. The van der Waals surface area contributed by atoms with Gasteiger partial charge in [0.05, 0.1) is 6.10 Å². The molecule has 0 bridgehead atoms. The Bertz CT molecular complexity index is 922. The molecule has 4 rings (SSSR count). The topological polar surface area (TPSA) is 43.7 Å². The summed E-state index contributed by atoms with van der Waals surface area (Å²) in [6.07, 6.45) is 1.88. The van der Waals surface area contributed by atoms with E-state index >= 15 is 0 Å². The zero-order chi connectivity index (χ0) is 27.0. The lowest BCUT2D eigenvalue weighted by Crippen LogP contribution is -2.47. The van der Waals surface area contributed by atoms with Crippen LogP contribution < -0.4 is 0 Å². The Kier molecular flexibility index (Phi) is 8.49. The Morgan fingerprint density at radius 2 is 1.73 bits per heavy atom. The number of benzene rings is 1. The van der Waals surface area contributed by atoms with E-state index in [1.54, 1.807) is 13.1 Å². The monoisotopic (exact) mass is 531 g/mol. The number of aliphatic hydroxyl groups is 1. The summed E-state index contributed by atoms with van der Waals surface area (Å²) >= 11 is 0. The molecule has 0 radical (unpaired) electrons. The van der Waals surface area contributed by atoms with Crippen molar-refractivity contribution in [1.82, 2.24) is 4.90 Å². The van der Waals surface area contributed by atoms with Gasteiger partial charge in [-0.25, -0.2) is 0 Å². The molecule has 0 amide bonds. The summed E-state index contributed by atoms with van der Waals surface area (Å²) < 4.78 is 63.2. The molecular weight excluding hydrogens is 489 g/mol. The van der Waals surface area contributed by atoms with Gasteiger partial charge in [-0.1, -0.05) is 25.8 Å². The predicted octanol–water partition coefficient (Wildman–Crippen LogP) is 7.31. The Morgan fingerprint density at radius 1 is 1.00 bits per heavy atom. The Labute approximate surface area is 217 Å². The number of aliphatic hydroxyl groups excluding tert-OH is 1. The van der Waals surface area contributed by atoms with Crippen LogP contribution in [-0.2, 0) is 6.42 Å². The molecule has 0 saturated heterocycles. The molecular formula is C29H42F5NO2. The van der Waals surface area contributed by atoms with Crippen LogP contribution in [0.1, 0.15) is 88.2 Å². The number of nitrogens with zero attached hydrogens (tertiary/aromatic N) is 1. The maximum Gasteiger partial charge on any atom is 0.453 e. The summed E-state index contributed by atoms with van der Waals surface area (Å²) in [5, 5.41) is 20.9. The van der Waals surface area contributed by atoms with Crippen molar-refractivity contribution in [1.29, 1.82) is 0 Å². The SMILES string of the molecule is CN(CCCCC[C@H]1C[C@]2(C)[C@@H](O)CC[C@H]2[C@@H]2CCc3cc(O)ccc3[C@@H]12)CCCC(F)(F)C(F)(F)F. The van der Waals surface area contributed by atoms with Gasteiger partial charge in [0.2, 0.25) is 0 Å². The minimum atomic E-state index is -5.48. The van der Waals surface area contributed by atoms with E-state index in [4.69, 9.17) is 0 Å². The van der Waals surface area contributed by atoms with E-state index in [0.29, 0.717) is 36.0 Å². The lowest BCUT2D eigenvalue weighted by Gasteiger charge is -2.54. The van der Waals surface area contributed by atoms with E-state index in [2.05, 4.69) is 13.0 Å². The molecule has 3 aliphatic rings. The smallest absolute Gasteiger partial charge is 0.453 e. The van der Waals surface area contributed by atoms with Crippen LogP contribution >= 0.6 is 0 Å². The second kappa shape index (κ2) is 11.0. The number of rotatable bonds is 10. The van der Waals surface area contributed by atoms with Crippen LogP contribution in [0, 0.1) is 23.2 Å². The molecule has 1 aromatic rings. The van der Waals surface area contributed by atoms with Crippen molar-refractivity contribution in [3.05, 3.63) is 29.3 Å². The third-order valence-corrected chi connectivity index (χ3v) is 9.84. The number of phenols is 1. The van der Waals surface area contributed by atoms with Crippen molar-refractivity contribution >= 4 is 0 Å². The molecule has 2 saturated carbocycles. The van der Waals surface area contributed by atoms with Crippen LogP contribution in [0.15, 0.2) is 18.2 Å². The highest BCUT2D eigenvalue weighted by Gasteiger charge is 2.58. The highest BCUT2D eigenvalue weighted by molar-refractivity contribution is 5.40. The van der Waals surface area contributed by atoms with Crippen LogP contribution in [0.5, 0.6) is 5.75 Å².